The molecule has 1 amide bonds. The molecule has 1 atom stereocenters. The van der Waals surface area contributed by atoms with Gasteiger partial charge < -0.3 is 20.5 Å². The van der Waals surface area contributed by atoms with E-state index in [9.17, 15) is 4.79 Å². The van der Waals surface area contributed by atoms with Gasteiger partial charge in [-0.15, -0.1) is 0 Å². The van der Waals surface area contributed by atoms with Crippen molar-refractivity contribution in [3.05, 3.63) is 18.2 Å². The van der Waals surface area contributed by atoms with E-state index in [-0.39, 0.29) is 12.0 Å². The van der Waals surface area contributed by atoms with Crippen LogP contribution in [0.25, 0.3) is 0 Å². The van der Waals surface area contributed by atoms with Crippen LogP contribution in [0.4, 0.5) is 11.4 Å². The maximum Gasteiger partial charge on any atom is 0.225 e. The number of benzene rings is 1. The summed E-state index contributed by atoms with van der Waals surface area (Å²) < 4.78 is 10.7. The molecule has 1 saturated heterocycles. The lowest BCUT2D eigenvalue weighted by molar-refractivity contribution is -0.117. The summed E-state index contributed by atoms with van der Waals surface area (Å²) >= 11 is 0. The highest BCUT2D eigenvalue weighted by Crippen LogP contribution is 2.26. The summed E-state index contributed by atoms with van der Waals surface area (Å²) in [4.78, 5) is 14.3. The summed E-state index contributed by atoms with van der Waals surface area (Å²) in [5.74, 6) is 0.542. The lowest BCUT2D eigenvalue weighted by Crippen LogP contribution is -2.42. The summed E-state index contributed by atoms with van der Waals surface area (Å²) in [6.45, 7) is 5.26. The van der Waals surface area contributed by atoms with Crippen LogP contribution < -0.4 is 15.8 Å². The van der Waals surface area contributed by atoms with E-state index in [1.807, 2.05) is 6.92 Å². The third-order valence-electron chi connectivity index (χ3n) is 3.48. The first kappa shape index (κ1) is 15.6. The zero-order valence-electron chi connectivity index (χ0n) is 12.6. The van der Waals surface area contributed by atoms with Crippen molar-refractivity contribution >= 4 is 17.3 Å². The van der Waals surface area contributed by atoms with Crippen molar-refractivity contribution in [1.29, 1.82) is 0 Å². The first-order chi connectivity index (χ1) is 10.1. The van der Waals surface area contributed by atoms with Crippen LogP contribution in [0, 0.1) is 0 Å². The number of nitrogens with two attached hydrogens (primary N) is 1. The molecule has 0 saturated carbocycles. The minimum atomic E-state index is -0.0304. The first-order valence-electron chi connectivity index (χ1n) is 7.16. The summed E-state index contributed by atoms with van der Waals surface area (Å²) in [5.41, 5.74) is 6.94. The maximum atomic E-state index is 12.0. The first-order valence-corrected chi connectivity index (χ1v) is 7.16. The number of hydrogen-bond donors (Lipinski definition) is 2. The summed E-state index contributed by atoms with van der Waals surface area (Å²) in [7, 11) is 1.56. The smallest absolute Gasteiger partial charge is 0.225 e. The van der Waals surface area contributed by atoms with Crippen LogP contribution in [-0.2, 0) is 9.53 Å². The number of amides is 1. The van der Waals surface area contributed by atoms with Gasteiger partial charge in [0, 0.05) is 37.8 Å². The van der Waals surface area contributed by atoms with E-state index < -0.39 is 0 Å². The van der Waals surface area contributed by atoms with Gasteiger partial charge in [-0.1, -0.05) is 0 Å². The molecule has 1 aliphatic rings. The number of ether oxygens (including phenoxy) is 2. The number of rotatable bonds is 5. The second-order valence-corrected chi connectivity index (χ2v) is 5.24. The minimum Gasteiger partial charge on any atom is -0.494 e. The molecule has 1 aromatic carbocycles. The molecule has 1 aliphatic heterocycles. The number of nitrogen functional groups attached to an aromatic ring is 1. The highest BCUT2D eigenvalue weighted by Gasteiger charge is 2.17. The van der Waals surface area contributed by atoms with Crippen LogP contribution in [-0.4, -0.2) is 50.3 Å². The topological polar surface area (TPSA) is 76.8 Å². The van der Waals surface area contributed by atoms with Crippen LogP contribution in [0.5, 0.6) is 5.75 Å². The molecule has 116 valence electrons. The molecule has 0 bridgehead atoms. The predicted octanol–water partition coefficient (Wildman–Crippen LogP) is 1.33. The Balaban J connectivity index is 1.84. The molecule has 3 N–H and O–H groups in total. The molecule has 0 aromatic heterocycles. The fourth-order valence-corrected chi connectivity index (χ4v) is 2.38. The highest BCUT2D eigenvalue weighted by atomic mass is 16.5. The number of hydrogen-bond acceptors (Lipinski definition) is 5. The van der Waals surface area contributed by atoms with Gasteiger partial charge in [-0.25, -0.2) is 0 Å². The van der Waals surface area contributed by atoms with Crippen LogP contribution in [0.3, 0.4) is 0 Å². The molecular weight excluding hydrogens is 270 g/mol. The zero-order chi connectivity index (χ0) is 15.2. The van der Waals surface area contributed by atoms with Gasteiger partial charge in [0.2, 0.25) is 5.91 Å². The highest BCUT2D eigenvalue weighted by molar-refractivity contribution is 5.92. The standard InChI is InChI=1S/C15H23N3O3/c1-11-10-18(7-8-21-11)6-5-15(19)17-13-4-3-12(16)9-14(13)20-2/h3-4,9,11H,5-8,10,16H2,1-2H3,(H,17,19). The average molecular weight is 293 g/mol. The Morgan fingerprint density at radius 1 is 1.57 bits per heavy atom. The number of carbonyl (C=O) groups excluding carboxylic acids is 1. The SMILES string of the molecule is COc1cc(N)ccc1NC(=O)CCN1CCOC(C)C1. The second kappa shape index (κ2) is 7.28. The Hall–Kier alpha value is -1.79. The average Bonchev–Trinajstić information content (AvgIpc) is 2.47. The largest absolute Gasteiger partial charge is 0.494 e. The van der Waals surface area contributed by atoms with Gasteiger partial charge in [-0.2, -0.15) is 0 Å². The van der Waals surface area contributed by atoms with Gasteiger partial charge in [0.1, 0.15) is 5.75 Å². The molecule has 1 heterocycles. The maximum absolute atomic E-state index is 12.0. The third kappa shape index (κ3) is 4.61. The van der Waals surface area contributed by atoms with E-state index in [2.05, 4.69) is 10.2 Å². The van der Waals surface area contributed by atoms with Gasteiger partial charge in [0.25, 0.3) is 0 Å². The van der Waals surface area contributed by atoms with Crippen molar-refractivity contribution in [2.45, 2.75) is 19.4 Å². The van der Waals surface area contributed by atoms with Crippen molar-refractivity contribution in [3.8, 4) is 5.75 Å². The number of nitrogens with one attached hydrogen (secondary N) is 1. The Labute approximate surface area is 125 Å². The quantitative estimate of drug-likeness (QED) is 0.801. The van der Waals surface area contributed by atoms with Gasteiger partial charge in [-0.3, -0.25) is 9.69 Å². The van der Waals surface area contributed by atoms with E-state index in [4.69, 9.17) is 15.2 Å². The fraction of sp³-hybridized carbons (Fsp3) is 0.533. The van der Waals surface area contributed by atoms with Gasteiger partial charge >= 0.3 is 0 Å². The van der Waals surface area contributed by atoms with E-state index >= 15 is 0 Å². The molecule has 1 fully saturated rings. The third-order valence-corrected chi connectivity index (χ3v) is 3.48. The summed E-state index contributed by atoms with van der Waals surface area (Å²) in [6.07, 6.45) is 0.680. The van der Waals surface area contributed by atoms with Crippen LogP contribution in [0.2, 0.25) is 0 Å². The van der Waals surface area contributed by atoms with Crippen molar-refractivity contribution in [3.63, 3.8) is 0 Å². The molecule has 1 aromatic rings. The van der Waals surface area contributed by atoms with E-state index in [1.54, 1.807) is 25.3 Å². The van der Waals surface area contributed by atoms with Crippen LogP contribution in [0.1, 0.15) is 13.3 Å². The molecule has 6 nitrogen and oxygen atoms in total. The minimum absolute atomic E-state index is 0.0304. The number of morpholine rings is 1. The van der Waals surface area contributed by atoms with Gasteiger partial charge in [-0.05, 0) is 19.1 Å². The van der Waals surface area contributed by atoms with Gasteiger partial charge in [0.05, 0.1) is 25.5 Å². The molecule has 21 heavy (non-hydrogen) atoms. The number of carbonyl (C=O) groups is 1. The summed E-state index contributed by atoms with van der Waals surface area (Å²) in [5, 5.41) is 2.86. The second-order valence-electron chi connectivity index (χ2n) is 5.24. The normalized spacial score (nSPS) is 19.2. The molecular formula is C15H23N3O3. The Morgan fingerprint density at radius 3 is 3.10 bits per heavy atom. The monoisotopic (exact) mass is 293 g/mol. The van der Waals surface area contributed by atoms with Gasteiger partial charge in [0.15, 0.2) is 0 Å². The summed E-state index contributed by atoms with van der Waals surface area (Å²) in [6, 6.07) is 5.18. The Bertz CT molecular complexity index is 493. The lowest BCUT2D eigenvalue weighted by Gasteiger charge is -2.30. The Morgan fingerprint density at radius 2 is 2.38 bits per heavy atom. The molecule has 0 radical (unpaired) electrons. The molecule has 2 rings (SSSR count). The molecule has 0 spiro atoms. The Kier molecular flexibility index (Phi) is 5.41. The number of methoxy groups -OCH3 is 1. The van der Waals surface area contributed by atoms with E-state index in [0.29, 0.717) is 23.5 Å². The van der Waals surface area contributed by atoms with Crippen molar-refractivity contribution in [1.82, 2.24) is 4.90 Å². The number of anilines is 2. The fourth-order valence-electron chi connectivity index (χ4n) is 2.38. The van der Waals surface area contributed by atoms with E-state index in [0.717, 1.165) is 26.2 Å². The van der Waals surface area contributed by atoms with Crippen molar-refractivity contribution in [2.24, 2.45) is 0 Å². The van der Waals surface area contributed by atoms with Crippen molar-refractivity contribution in [2.75, 3.05) is 44.4 Å². The molecule has 0 aliphatic carbocycles. The molecule has 1 unspecified atom stereocenters. The lowest BCUT2D eigenvalue weighted by atomic mass is 10.2. The van der Waals surface area contributed by atoms with Crippen molar-refractivity contribution < 1.29 is 14.3 Å². The number of nitrogens with zero attached hydrogens (tertiary/aromatic N) is 1. The predicted molar refractivity (Wildman–Crippen MR) is 82.5 cm³/mol. The molecule has 6 heteroatoms. The van der Waals surface area contributed by atoms with Crippen LogP contribution in [0.15, 0.2) is 18.2 Å². The van der Waals surface area contributed by atoms with Crippen LogP contribution >= 0.6 is 0 Å². The van der Waals surface area contributed by atoms with E-state index in [1.165, 1.54) is 0 Å². The zero-order valence-corrected chi connectivity index (χ0v) is 12.6.